The van der Waals surface area contributed by atoms with Crippen LogP contribution in [0.1, 0.15) is 19.8 Å². The summed E-state index contributed by atoms with van der Waals surface area (Å²) in [6.45, 7) is 3.78. The SMILES string of the molecule is CC(Nc1cn[nH]c(=O)c1Br)C1CCOCC1. The van der Waals surface area contributed by atoms with Crippen molar-refractivity contribution in [2.75, 3.05) is 18.5 Å². The first-order chi connectivity index (χ1) is 8.18. The lowest BCUT2D eigenvalue weighted by Crippen LogP contribution is -2.31. The number of anilines is 1. The number of ether oxygens (including phenoxy) is 1. The maximum absolute atomic E-state index is 11.4. The number of aromatic nitrogens is 2. The van der Waals surface area contributed by atoms with Crippen LogP contribution < -0.4 is 10.9 Å². The normalized spacial score (nSPS) is 18.9. The second-order valence-electron chi connectivity index (χ2n) is 4.31. The molecule has 0 spiro atoms. The Kier molecular flexibility index (Phi) is 4.17. The Morgan fingerprint density at radius 1 is 1.59 bits per heavy atom. The van der Waals surface area contributed by atoms with E-state index in [0.29, 0.717) is 16.4 Å². The fraction of sp³-hybridized carbons (Fsp3) is 0.636. The number of nitrogens with zero attached hydrogens (tertiary/aromatic N) is 1. The lowest BCUT2D eigenvalue weighted by molar-refractivity contribution is 0.0622. The Hall–Kier alpha value is -0.880. The molecule has 1 fully saturated rings. The number of aromatic amines is 1. The zero-order valence-electron chi connectivity index (χ0n) is 9.70. The van der Waals surface area contributed by atoms with Crippen molar-refractivity contribution in [2.24, 2.45) is 5.92 Å². The Morgan fingerprint density at radius 2 is 2.29 bits per heavy atom. The fourth-order valence-electron chi connectivity index (χ4n) is 2.06. The van der Waals surface area contributed by atoms with Crippen LogP contribution in [0, 0.1) is 5.92 Å². The predicted octanol–water partition coefficient (Wildman–Crippen LogP) is 1.76. The molecule has 1 aromatic rings. The highest BCUT2D eigenvalue weighted by Crippen LogP contribution is 2.23. The van der Waals surface area contributed by atoms with Gasteiger partial charge in [0.2, 0.25) is 0 Å². The molecule has 1 aromatic heterocycles. The van der Waals surface area contributed by atoms with Gasteiger partial charge in [0.1, 0.15) is 4.47 Å². The van der Waals surface area contributed by atoms with Crippen molar-refractivity contribution in [3.63, 3.8) is 0 Å². The van der Waals surface area contributed by atoms with Crippen LogP contribution in [-0.4, -0.2) is 29.5 Å². The maximum Gasteiger partial charge on any atom is 0.280 e. The summed E-state index contributed by atoms with van der Waals surface area (Å²) >= 11 is 3.26. The molecule has 6 heteroatoms. The van der Waals surface area contributed by atoms with Crippen LogP contribution in [0.4, 0.5) is 5.69 Å². The van der Waals surface area contributed by atoms with Crippen molar-refractivity contribution < 1.29 is 4.74 Å². The van der Waals surface area contributed by atoms with E-state index in [9.17, 15) is 4.79 Å². The number of hydrogen-bond donors (Lipinski definition) is 2. The van der Waals surface area contributed by atoms with Gasteiger partial charge in [0.05, 0.1) is 11.9 Å². The van der Waals surface area contributed by atoms with Crippen molar-refractivity contribution in [1.29, 1.82) is 0 Å². The Bertz CT molecular complexity index is 429. The highest BCUT2D eigenvalue weighted by molar-refractivity contribution is 9.10. The molecule has 1 unspecified atom stereocenters. The first kappa shape index (κ1) is 12.6. The van der Waals surface area contributed by atoms with E-state index in [2.05, 4.69) is 38.4 Å². The third-order valence-electron chi connectivity index (χ3n) is 3.15. The molecule has 0 aliphatic carbocycles. The number of hydrogen-bond acceptors (Lipinski definition) is 4. The van der Waals surface area contributed by atoms with Gasteiger partial charge >= 0.3 is 0 Å². The van der Waals surface area contributed by atoms with E-state index in [1.807, 2.05) is 0 Å². The van der Waals surface area contributed by atoms with E-state index in [1.54, 1.807) is 6.20 Å². The monoisotopic (exact) mass is 301 g/mol. The highest BCUT2D eigenvalue weighted by atomic mass is 79.9. The third-order valence-corrected chi connectivity index (χ3v) is 3.94. The van der Waals surface area contributed by atoms with Crippen LogP contribution in [0.15, 0.2) is 15.5 Å². The molecule has 5 nitrogen and oxygen atoms in total. The van der Waals surface area contributed by atoms with Crippen molar-refractivity contribution in [2.45, 2.75) is 25.8 Å². The molecular weight excluding hydrogens is 286 g/mol. The lowest BCUT2D eigenvalue weighted by Gasteiger charge is -2.29. The minimum Gasteiger partial charge on any atom is -0.381 e. The molecule has 0 amide bonds. The zero-order chi connectivity index (χ0) is 12.3. The molecule has 1 saturated heterocycles. The molecule has 17 heavy (non-hydrogen) atoms. The molecule has 0 radical (unpaired) electrons. The second-order valence-corrected chi connectivity index (χ2v) is 5.10. The summed E-state index contributed by atoms with van der Waals surface area (Å²) in [5.41, 5.74) is 0.530. The van der Waals surface area contributed by atoms with Gasteiger partial charge in [-0.05, 0) is 41.6 Å². The summed E-state index contributed by atoms with van der Waals surface area (Å²) in [7, 11) is 0. The van der Waals surface area contributed by atoms with Crippen LogP contribution in [0.5, 0.6) is 0 Å². The first-order valence-corrected chi connectivity index (χ1v) is 6.55. The number of halogens is 1. The smallest absolute Gasteiger partial charge is 0.280 e. The molecule has 2 rings (SSSR count). The van der Waals surface area contributed by atoms with Crippen LogP contribution in [0.25, 0.3) is 0 Å². The molecule has 1 atom stereocenters. The summed E-state index contributed by atoms with van der Waals surface area (Å²) in [6.07, 6.45) is 3.74. The Labute approximate surface area is 108 Å². The number of H-pyrrole nitrogens is 1. The fourth-order valence-corrected chi connectivity index (χ4v) is 2.37. The molecule has 1 aliphatic rings. The first-order valence-electron chi connectivity index (χ1n) is 5.76. The van der Waals surface area contributed by atoms with Gasteiger partial charge in [0, 0.05) is 19.3 Å². The van der Waals surface area contributed by atoms with Crippen molar-refractivity contribution >= 4 is 21.6 Å². The van der Waals surface area contributed by atoms with Crippen molar-refractivity contribution in [3.8, 4) is 0 Å². The van der Waals surface area contributed by atoms with Gasteiger partial charge in [-0.15, -0.1) is 0 Å². The van der Waals surface area contributed by atoms with Crippen molar-refractivity contribution in [3.05, 3.63) is 21.0 Å². The van der Waals surface area contributed by atoms with Gasteiger partial charge in [-0.3, -0.25) is 4.79 Å². The molecule has 1 aliphatic heterocycles. The van der Waals surface area contributed by atoms with Gasteiger partial charge in [-0.2, -0.15) is 5.10 Å². The summed E-state index contributed by atoms with van der Waals surface area (Å²) in [4.78, 5) is 11.4. The standard InChI is InChI=1S/C11H16BrN3O2/c1-7(8-2-4-17-5-3-8)14-9-6-13-15-11(16)10(9)12/h6-8H,2-5H2,1H3,(H2,14,15,16). The van der Waals surface area contributed by atoms with Crippen LogP contribution in [-0.2, 0) is 4.74 Å². The van der Waals surface area contributed by atoms with E-state index < -0.39 is 0 Å². The van der Waals surface area contributed by atoms with E-state index in [1.165, 1.54) is 0 Å². The van der Waals surface area contributed by atoms with Gasteiger partial charge in [-0.1, -0.05) is 0 Å². The Balaban J connectivity index is 2.04. The lowest BCUT2D eigenvalue weighted by atomic mass is 9.93. The van der Waals surface area contributed by atoms with Gasteiger partial charge in [0.25, 0.3) is 5.56 Å². The largest absolute Gasteiger partial charge is 0.381 e. The molecule has 0 saturated carbocycles. The molecule has 94 valence electrons. The number of rotatable bonds is 3. The molecule has 0 bridgehead atoms. The van der Waals surface area contributed by atoms with Crippen LogP contribution in [0.3, 0.4) is 0 Å². The van der Waals surface area contributed by atoms with Gasteiger partial charge in [0.15, 0.2) is 0 Å². The van der Waals surface area contributed by atoms with E-state index in [0.717, 1.165) is 31.7 Å². The average Bonchev–Trinajstić information content (AvgIpc) is 2.36. The quantitative estimate of drug-likeness (QED) is 0.893. The average molecular weight is 302 g/mol. The van der Waals surface area contributed by atoms with E-state index in [4.69, 9.17) is 4.74 Å². The predicted molar refractivity (Wildman–Crippen MR) is 69.2 cm³/mol. The van der Waals surface area contributed by atoms with Crippen LogP contribution in [0.2, 0.25) is 0 Å². The highest BCUT2D eigenvalue weighted by Gasteiger charge is 2.21. The second kappa shape index (κ2) is 5.64. The van der Waals surface area contributed by atoms with E-state index in [-0.39, 0.29) is 5.56 Å². The van der Waals surface area contributed by atoms with Gasteiger partial charge < -0.3 is 10.1 Å². The van der Waals surface area contributed by atoms with Gasteiger partial charge in [-0.25, -0.2) is 5.10 Å². The molecule has 2 N–H and O–H groups in total. The summed E-state index contributed by atoms with van der Waals surface area (Å²) in [5.74, 6) is 0.579. The molecule has 2 heterocycles. The topological polar surface area (TPSA) is 67.0 Å². The summed E-state index contributed by atoms with van der Waals surface area (Å²) in [5, 5.41) is 9.50. The van der Waals surface area contributed by atoms with E-state index >= 15 is 0 Å². The summed E-state index contributed by atoms with van der Waals surface area (Å²) < 4.78 is 5.84. The third kappa shape index (κ3) is 3.07. The molecule has 0 aromatic carbocycles. The maximum atomic E-state index is 11.4. The number of nitrogens with one attached hydrogen (secondary N) is 2. The summed E-state index contributed by atoms with van der Waals surface area (Å²) in [6, 6.07) is 0.304. The van der Waals surface area contributed by atoms with Crippen molar-refractivity contribution in [1.82, 2.24) is 10.2 Å². The Morgan fingerprint density at radius 3 is 3.00 bits per heavy atom. The minimum atomic E-state index is -0.214. The minimum absolute atomic E-state index is 0.214. The molecular formula is C11H16BrN3O2. The zero-order valence-corrected chi connectivity index (χ0v) is 11.3. The van der Waals surface area contributed by atoms with Crippen LogP contribution >= 0.6 is 15.9 Å².